The number of nitrogens with zero attached hydrogens (tertiary/aromatic N) is 3. The van der Waals surface area contributed by atoms with Crippen LogP contribution in [0.1, 0.15) is 50.8 Å². The molecule has 0 unspecified atom stereocenters. The van der Waals surface area contributed by atoms with Crippen LogP contribution in [0.4, 0.5) is 0 Å². The van der Waals surface area contributed by atoms with Crippen molar-refractivity contribution in [3.8, 4) is 11.5 Å². The van der Waals surface area contributed by atoms with Gasteiger partial charge < -0.3 is 19.1 Å². The normalized spacial score (nSPS) is 16.8. The lowest BCUT2D eigenvalue weighted by Gasteiger charge is -2.29. The van der Waals surface area contributed by atoms with Crippen LogP contribution in [0.15, 0.2) is 47.6 Å². The molecule has 0 bridgehead atoms. The van der Waals surface area contributed by atoms with E-state index in [1.54, 1.807) is 18.1 Å². The molecule has 8 nitrogen and oxygen atoms in total. The predicted octanol–water partition coefficient (Wildman–Crippen LogP) is 4.66. The molecule has 1 atom stereocenters. The molecule has 9 heteroatoms. The van der Waals surface area contributed by atoms with Gasteiger partial charge in [0.15, 0.2) is 11.5 Å². The second kappa shape index (κ2) is 10.9. The lowest BCUT2D eigenvalue weighted by molar-refractivity contribution is -0.143. The summed E-state index contributed by atoms with van der Waals surface area (Å²) in [7, 11) is 1.57. The van der Waals surface area contributed by atoms with Crippen molar-refractivity contribution >= 4 is 29.1 Å². The summed E-state index contributed by atoms with van der Waals surface area (Å²) in [6.07, 6.45) is 0.798. The summed E-state index contributed by atoms with van der Waals surface area (Å²) in [4.78, 5) is 28.3. The molecule has 0 aromatic heterocycles. The second-order valence-corrected chi connectivity index (χ2v) is 10.6. The minimum absolute atomic E-state index is 0.0953. The summed E-state index contributed by atoms with van der Waals surface area (Å²) in [6, 6.07) is 12.7. The van der Waals surface area contributed by atoms with E-state index in [-0.39, 0.29) is 36.6 Å². The Morgan fingerprint density at radius 1 is 1.17 bits per heavy atom. The van der Waals surface area contributed by atoms with Crippen LogP contribution in [0, 0.1) is 5.41 Å². The highest BCUT2D eigenvalue weighted by molar-refractivity contribution is 6.34. The van der Waals surface area contributed by atoms with Gasteiger partial charge >= 0.3 is 0 Å². The third-order valence-electron chi connectivity index (χ3n) is 6.06. The van der Waals surface area contributed by atoms with Gasteiger partial charge in [0.2, 0.25) is 12.7 Å². The predicted molar refractivity (Wildman–Crippen MR) is 137 cm³/mol. The van der Waals surface area contributed by atoms with Crippen molar-refractivity contribution in [3.05, 3.63) is 58.6 Å². The van der Waals surface area contributed by atoms with E-state index in [9.17, 15) is 9.59 Å². The molecule has 0 spiro atoms. The third-order valence-corrected chi connectivity index (χ3v) is 6.39. The molecule has 0 N–H and O–H groups in total. The largest absolute Gasteiger partial charge is 0.454 e. The second-order valence-electron chi connectivity index (χ2n) is 10.1. The Morgan fingerprint density at radius 3 is 2.64 bits per heavy atom. The number of carbonyl (C=O) groups excluding carboxylic acids is 2. The molecule has 2 aromatic rings. The van der Waals surface area contributed by atoms with Crippen LogP contribution in [0.25, 0.3) is 0 Å². The van der Waals surface area contributed by atoms with Crippen LogP contribution < -0.4 is 9.47 Å². The zero-order valence-electron chi connectivity index (χ0n) is 21.1. The molecule has 36 heavy (non-hydrogen) atoms. The summed E-state index contributed by atoms with van der Waals surface area (Å²) in [5, 5.41) is 6.75. The van der Waals surface area contributed by atoms with Crippen molar-refractivity contribution < 1.29 is 23.8 Å². The Kier molecular flexibility index (Phi) is 7.85. The zero-order chi connectivity index (χ0) is 25.9. The fraction of sp³-hybridized carbons (Fsp3) is 0.444. The number of ether oxygens (including phenoxy) is 3. The molecule has 0 aliphatic carbocycles. The van der Waals surface area contributed by atoms with Crippen LogP contribution in [0.5, 0.6) is 11.5 Å². The van der Waals surface area contributed by atoms with E-state index in [1.807, 2.05) is 57.2 Å². The van der Waals surface area contributed by atoms with Crippen molar-refractivity contribution in [3.63, 3.8) is 0 Å². The molecule has 2 amide bonds. The molecule has 0 saturated heterocycles. The molecule has 2 heterocycles. The van der Waals surface area contributed by atoms with E-state index in [2.05, 4.69) is 0 Å². The number of hydrogen-bond acceptors (Lipinski definition) is 6. The van der Waals surface area contributed by atoms with E-state index >= 15 is 0 Å². The highest BCUT2D eigenvalue weighted by atomic mass is 35.5. The summed E-state index contributed by atoms with van der Waals surface area (Å²) < 4.78 is 16.2. The molecule has 2 aromatic carbocycles. The molecule has 0 fully saturated rings. The maximum Gasteiger partial charge on any atom is 0.262 e. The Hall–Kier alpha value is -3.10. The molecular weight excluding hydrogens is 482 g/mol. The van der Waals surface area contributed by atoms with E-state index in [0.29, 0.717) is 48.2 Å². The minimum atomic E-state index is -0.375. The maximum absolute atomic E-state index is 13.7. The van der Waals surface area contributed by atoms with Gasteiger partial charge in [-0.05, 0) is 29.2 Å². The van der Waals surface area contributed by atoms with E-state index in [4.69, 9.17) is 30.9 Å². The van der Waals surface area contributed by atoms with E-state index in [1.165, 1.54) is 5.01 Å². The highest BCUT2D eigenvalue weighted by Gasteiger charge is 2.36. The molecule has 0 radical (unpaired) electrons. The van der Waals surface area contributed by atoms with Gasteiger partial charge in [0.25, 0.3) is 5.91 Å². The number of methoxy groups -OCH3 is 1. The average molecular weight is 514 g/mol. The van der Waals surface area contributed by atoms with Gasteiger partial charge in [0, 0.05) is 37.1 Å². The fourth-order valence-corrected chi connectivity index (χ4v) is 4.52. The topological polar surface area (TPSA) is 80.7 Å². The number of rotatable bonds is 8. The quantitative estimate of drug-likeness (QED) is 0.513. The first-order chi connectivity index (χ1) is 17.2. The summed E-state index contributed by atoms with van der Waals surface area (Å²) in [5.74, 6) is 0.925. The zero-order valence-corrected chi connectivity index (χ0v) is 21.9. The van der Waals surface area contributed by atoms with Crippen LogP contribution >= 0.6 is 11.6 Å². The third kappa shape index (κ3) is 5.99. The molecule has 2 aliphatic heterocycles. The van der Waals surface area contributed by atoms with Gasteiger partial charge in [0.05, 0.1) is 18.4 Å². The SMILES string of the molecule is COCCN(CC(=O)N1N=C(c2ccccc2Cl)C[C@H]1c1ccc2c(c1)OCO2)C(=O)CC(C)(C)C. The first kappa shape index (κ1) is 26.0. The van der Waals surface area contributed by atoms with Gasteiger partial charge in [-0.2, -0.15) is 5.10 Å². The number of hydrazone groups is 1. The highest BCUT2D eigenvalue weighted by Crippen LogP contribution is 2.40. The number of carbonyl (C=O) groups is 2. The number of amides is 2. The van der Waals surface area contributed by atoms with E-state index < -0.39 is 0 Å². The van der Waals surface area contributed by atoms with Gasteiger partial charge in [-0.25, -0.2) is 5.01 Å². The summed E-state index contributed by atoms with van der Waals surface area (Å²) >= 11 is 6.46. The first-order valence-electron chi connectivity index (χ1n) is 12.0. The van der Waals surface area contributed by atoms with Crippen molar-refractivity contribution in [2.45, 2.75) is 39.7 Å². The van der Waals surface area contributed by atoms with Crippen molar-refractivity contribution in [1.29, 1.82) is 0 Å². The smallest absolute Gasteiger partial charge is 0.262 e. The van der Waals surface area contributed by atoms with Gasteiger partial charge in [-0.15, -0.1) is 0 Å². The lowest BCUT2D eigenvalue weighted by atomic mass is 9.91. The molecule has 0 saturated carbocycles. The monoisotopic (exact) mass is 513 g/mol. The number of fused-ring (bicyclic) bond motifs is 1. The van der Waals surface area contributed by atoms with Crippen molar-refractivity contribution in [1.82, 2.24) is 9.91 Å². The van der Waals surface area contributed by atoms with Crippen molar-refractivity contribution in [2.24, 2.45) is 10.5 Å². The fourth-order valence-electron chi connectivity index (χ4n) is 4.27. The van der Waals surface area contributed by atoms with Crippen LogP contribution in [0.3, 0.4) is 0 Å². The van der Waals surface area contributed by atoms with Gasteiger partial charge in [-0.3, -0.25) is 9.59 Å². The number of benzene rings is 2. The van der Waals surface area contributed by atoms with Gasteiger partial charge in [0.1, 0.15) is 6.54 Å². The molecule has 192 valence electrons. The molecular formula is C27H32ClN3O5. The minimum Gasteiger partial charge on any atom is -0.454 e. The van der Waals surface area contributed by atoms with Gasteiger partial charge in [-0.1, -0.05) is 56.6 Å². The summed E-state index contributed by atoms with van der Waals surface area (Å²) in [5.41, 5.74) is 2.15. The molecule has 4 rings (SSSR count). The van der Waals surface area contributed by atoms with Crippen LogP contribution in [0.2, 0.25) is 5.02 Å². The average Bonchev–Trinajstić information content (AvgIpc) is 3.47. The Morgan fingerprint density at radius 2 is 1.92 bits per heavy atom. The summed E-state index contributed by atoms with van der Waals surface area (Å²) in [6.45, 7) is 6.71. The Bertz CT molecular complexity index is 1160. The Labute approximate surface area is 216 Å². The number of halogens is 1. The van der Waals surface area contributed by atoms with Crippen molar-refractivity contribution in [2.75, 3.05) is 33.6 Å². The standard InChI is InChI=1S/C27H32ClN3O5/c1-27(2,3)15-25(32)30(11-12-34-4)16-26(33)31-22(18-9-10-23-24(13-18)36-17-35-23)14-21(29-31)19-7-5-6-8-20(19)28/h5-10,13,22H,11-12,14-17H2,1-4H3/t22-/m0/s1. The van der Waals surface area contributed by atoms with E-state index in [0.717, 1.165) is 11.1 Å². The first-order valence-corrected chi connectivity index (χ1v) is 12.3. The van der Waals surface area contributed by atoms with Crippen LogP contribution in [-0.4, -0.2) is 61.0 Å². The molecule has 2 aliphatic rings. The van der Waals surface area contributed by atoms with Crippen LogP contribution in [-0.2, 0) is 14.3 Å². The number of hydrogen-bond donors (Lipinski definition) is 0. The lowest BCUT2D eigenvalue weighted by Crippen LogP contribution is -2.43. The Balaban J connectivity index is 1.63. The maximum atomic E-state index is 13.7.